The second-order valence-electron chi connectivity index (χ2n) is 6.38. The predicted octanol–water partition coefficient (Wildman–Crippen LogP) is 5.91. The number of rotatable bonds is 3. The molecule has 0 unspecified atom stereocenters. The topological polar surface area (TPSA) is 42.4 Å². The summed E-state index contributed by atoms with van der Waals surface area (Å²) in [6, 6.07) is 10.9. The van der Waals surface area contributed by atoms with Gasteiger partial charge in [0.05, 0.1) is 22.5 Å². The van der Waals surface area contributed by atoms with Crippen LogP contribution in [0.4, 0.5) is 10.1 Å². The van der Waals surface area contributed by atoms with E-state index in [0.29, 0.717) is 33.6 Å². The monoisotopic (exact) mass is 416 g/mol. The average Bonchev–Trinajstić information content (AvgIpc) is 2.69. The highest BCUT2D eigenvalue weighted by molar-refractivity contribution is 6.35. The largest absolute Gasteiger partial charge is 0.453 e. The van der Waals surface area contributed by atoms with Crippen molar-refractivity contribution in [3.05, 3.63) is 81.8 Å². The van der Waals surface area contributed by atoms with Gasteiger partial charge in [-0.05, 0) is 54.8 Å². The fraction of sp³-hybridized carbons (Fsp3) is 0.143. The summed E-state index contributed by atoms with van der Waals surface area (Å²) in [6.07, 6.45) is 4.57. The molecule has 0 atom stereocenters. The van der Waals surface area contributed by atoms with E-state index in [1.807, 2.05) is 0 Å². The molecular weight excluding hydrogens is 402 g/mol. The Morgan fingerprint density at radius 2 is 1.96 bits per heavy atom. The molecule has 0 saturated heterocycles. The van der Waals surface area contributed by atoms with Crippen LogP contribution in [0.1, 0.15) is 22.3 Å². The van der Waals surface area contributed by atoms with E-state index in [1.165, 1.54) is 24.5 Å². The van der Waals surface area contributed by atoms with Gasteiger partial charge in [-0.3, -0.25) is 9.78 Å². The molecule has 142 valence electrons. The molecule has 1 aromatic heterocycles. The zero-order valence-corrected chi connectivity index (χ0v) is 16.2. The summed E-state index contributed by atoms with van der Waals surface area (Å²) in [5, 5.41) is 0.798. The van der Waals surface area contributed by atoms with Gasteiger partial charge in [0.25, 0.3) is 5.91 Å². The van der Waals surface area contributed by atoms with Crippen molar-refractivity contribution in [3.8, 4) is 11.5 Å². The summed E-state index contributed by atoms with van der Waals surface area (Å²) >= 11 is 12.1. The van der Waals surface area contributed by atoms with Crippen molar-refractivity contribution in [2.24, 2.45) is 0 Å². The molecule has 1 amide bonds. The van der Waals surface area contributed by atoms with Crippen LogP contribution in [0.5, 0.6) is 11.5 Å². The van der Waals surface area contributed by atoms with Gasteiger partial charge in [-0.2, -0.15) is 0 Å². The van der Waals surface area contributed by atoms with Crippen molar-refractivity contribution in [2.45, 2.75) is 12.8 Å². The highest BCUT2D eigenvalue weighted by Crippen LogP contribution is 2.35. The highest BCUT2D eigenvalue weighted by Gasteiger charge is 2.26. The smallest absolute Gasteiger partial charge is 0.262 e. The first-order valence-electron chi connectivity index (χ1n) is 8.70. The highest BCUT2D eigenvalue weighted by atomic mass is 35.5. The van der Waals surface area contributed by atoms with E-state index < -0.39 is 0 Å². The predicted molar refractivity (Wildman–Crippen MR) is 107 cm³/mol. The van der Waals surface area contributed by atoms with Gasteiger partial charge in [0.1, 0.15) is 11.6 Å². The molecular formula is C21H15Cl2FN2O2. The normalized spacial score (nSPS) is 13.2. The molecule has 0 radical (unpaired) electrons. The molecule has 0 aliphatic carbocycles. The number of fused-ring (bicyclic) bond motifs is 1. The number of benzene rings is 2. The Hall–Kier alpha value is -2.63. The summed E-state index contributed by atoms with van der Waals surface area (Å²) in [5.41, 5.74) is 1.85. The third-order valence-corrected chi connectivity index (χ3v) is 5.07. The number of amides is 1. The Labute approximate surface area is 171 Å². The van der Waals surface area contributed by atoms with Crippen LogP contribution in [0.15, 0.2) is 54.9 Å². The lowest BCUT2D eigenvalue weighted by Gasteiger charge is -2.30. The maximum absolute atomic E-state index is 13.8. The Morgan fingerprint density at radius 1 is 1.11 bits per heavy atom. The number of hydrogen-bond acceptors (Lipinski definition) is 3. The summed E-state index contributed by atoms with van der Waals surface area (Å²) in [7, 11) is 0. The third-order valence-electron chi connectivity index (χ3n) is 4.54. The lowest BCUT2D eigenvalue weighted by atomic mass is 10.0. The standard InChI is InChI=1S/C21H15Cl2FN2O2/c22-14-4-6-19(17(23)10-14)28-20-12-25-8-7-16(20)21(27)26-9-1-2-13-3-5-15(24)11-18(13)26/h3-8,10-12H,1-2,9H2. The minimum Gasteiger partial charge on any atom is -0.453 e. The maximum Gasteiger partial charge on any atom is 0.262 e. The summed E-state index contributed by atoms with van der Waals surface area (Å²) < 4.78 is 19.6. The fourth-order valence-electron chi connectivity index (χ4n) is 3.22. The molecule has 28 heavy (non-hydrogen) atoms. The summed E-state index contributed by atoms with van der Waals surface area (Å²) in [6.45, 7) is 0.499. The first-order chi connectivity index (χ1) is 13.5. The SMILES string of the molecule is O=C(c1ccncc1Oc1ccc(Cl)cc1Cl)N1CCCc2ccc(F)cc21. The molecule has 4 rings (SSSR count). The van der Waals surface area contributed by atoms with Crippen molar-refractivity contribution < 1.29 is 13.9 Å². The van der Waals surface area contributed by atoms with Crippen LogP contribution in [0, 0.1) is 5.82 Å². The molecule has 3 aromatic rings. The first-order valence-corrected chi connectivity index (χ1v) is 9.46. The molecule has 0 spiro atoms. The number of halogens is 3. The zero-order chi connectivity index (χ0) is 19.7. The Morgan fingerprint density at radius 3 is 2.79 bits per heavy atom. The van der Waals surface area contributed by atoms with E-state index in [1.54, 1.807) is 35.2 Å². The summed E-state index contributed by atoms with van der Waals surface area (Å²) in [5.74, 6) is -0.0370. The van der Waals surface area contributed by atoms with Crippen molar-refractivity contribution in [1.82, 2.24) is 4.98 Å². The first kappa shape index (κ1) is 18.7. The lowest BCUT2D eigenvalue weighted by molar-refractivity contribution is 0.0982. The molecule has 0 fully saturated rings. The van der Waals surface area contributed by atoms with Crippen molar-refractivity contribution >= 4 is 34.8 Å². The van der Waals surface area contributed by atoms with E-state index in [9.17, 15) is 9.18 Å². The number of carbonyl (C=O) groups excluding carboxylic acids is 1. The quantitative estimate of drug-likeness (QED) is 0.532. The van der Waals surface area contributed by atoms with E-state index in [2.05, 4.69) is 4.98 Å². The second kappa shape index (κ2) is 7.78. The molecule has 1 aliphatic heterocycles. The van der Waals surface area contributed by atoms with Crippen LogP contribution in [-0.4, -0.2) is 17.4 Å². The molecule has 4 nitrogen and oxygen atoms in total. The number of carbonyl (C=O) groups is 1. The van der Waals surface area contributed by atoms with Crippen LogP contribution >= 0.6 is 23.2 Å². The van der Waals surface area contributed by atoms with E-state index >= 15 is 0 Å². The second-order valence-corrected chi connectivity index (χ2v) is 7.23. The molecule has 1 aliphatic rings. The minimum atomic E-state index is -0.377. The lowest BCUT2D eigenvalue weighted by Crippen LogP contribution is -2.35. The molecule has 2 aromatic carbocycles. The van der Waals surface area contributed by atoms with Crippen LogP contribution < -0.4 is 9.64 Å². The maximum atomic E-state index is 13.8. The minimum absolute atomic E-state index is 0.264. The Bertz CT molecular complexity index is 1060. The van der Waals surface area contributed by atoms with E-state index in [-0.39, 0.29) is 17.5 Å². The van der Waals surface area contributed by atoms with Crippen molar-refractivity contribution in [3.63, 3.8) is 0 Å². The van der Waals surface area contributed by atoms with Crippen molar-refractivity contribution in [2.75, 3.05) is 11.4 Å². The van der Waals surface area contributed by atoms with Gasteiger partial charge in [0, 0.05) is 17.8 Å². The van der Waals surface area contributed by atoms with Crippen LogP contribution in [-0.2, 0) is 6.42 Å². The Balaban J connectivity index is 1.69. The van der Waals surface area contributed by atoms with Gasteiger partial charge in [-0.25, -0.2) is 4.39 Å². The third kappa shape index (κ3) is 3.68. The number of aryl methyl sites for hydroxylation is 1. The number of hydrogen-bond donors (Lipinski definition) is 0. The molecule has 0 N–H and O–H groups in total. The fourth-order valence-corrected chi connectivity index (χ4v) is 3.67. The van der Waals surface area contributed by atoms with Crippen LogP contribution in [0.3, 0.4) is 0 Å². The molecule has 2 heterocycles. The Kier molecular flexibility index (Phi) is 5.20. The van der Waals surface area contributed by atoms with Crippen molar-refractivity contribution in [1.29, 1.82) is 0 Å². The number of aromatic nitrogens is 1. The zero-order valence-electron chi connectivity index (χ0n) is 14.7. The van der Waals surface area contributed by atoms with Gasteiger partial charge < -0.3 is 9.64 Å². The van der Waals surface area contributed by atoms with Crippen LogP contribution in [0.2, 0.25) is 10.0 Å². The summed E-state index contributed by atoms with van der Waals surface area (Å²) in [4.78, 5) is 18.9. The number of anilines is 1. The van der Waals surface area contributed by atoms with Crippen LogP contribution in [0.25, 0.3) is 0 Å². The molecule has 0 saturated carbocycles. The van der Waals surface area contributed by atoms with Gasteiger partial charge in [-0.1, -0.05) is 29.3 Å². The van der Waals surface area contributed by atoms with E-state index in [4.69, 9.17) is 27.9 Å². The van der Waals surface area contributed by atoms with Gasteiger partial charge in [0.15, 0.2) is 5.75 Å². The van der Waals surface area contributed by atoms with E-state index in [0.717, 1.165) is 18.4 Å². The number of nitrogens with zero attached hydrogens (tertiary/aromatic N) is 2. The number of ether oxygens (including phenoxy) is 1. The van der Waals surface area contributed by atoms with Gasteiger partial charge >= 0.3 is 0 Å². The molecule has 7 heteroatoms. The van der Waals surface area contributed by atoms with Gasteiger partial charge in [0.2, 0.25) is 0 Å². The average molecular weight is 417 g/mol. The van der Waals surface area contributed by atoms with Gasteiger partial charge in [-0.15, -0.1) is 0 Å². The number of pyridine rings is 1. The molecule has 0 bridgehead atoms.